The maximum atomic E-state index is 10.9. The average Bonchev–Trinajstić information content (AvgIpc) is 2.97. The molecular weight excluding hydrogens is 204 g/mol. The van der Waals surface area contributed by atoms with Crippen LogP contribution in [0.5, 0.6) is 0 Å². The molecule has 1 fully saturated rings. The van der Waals surface area contributed by atoms with Gasteiger partial charge in [-0.25, -0.2) is 0 Å². The first-order valence-electron chi connectivity index (χ1n) is 5.33. The monoisotopic (exact) mass is 219 g/mol. The molecule has 0 aliphatic carbocycles. The number of hydrogen-bond donors (Lipinski definition) is 0. The summed E-state index contributed by atoms with van der Waals surface area (Å²) < 4.78 is 5.01. The van der Waals surface area contributed by atoms with E-state index in [0.717, 1.165) is 0 Å². The molecular formula is C13H15O3-. The smallest absolute Gasteiger partial charge is 0.156 e. The maximum Gasteiger partial charge on any atom is 0.156 e. The summed E-state index contributed by atoms with van der Waals surface area (Å²) in [5, 5.41) is 10.9. The van der Waals surface area contributed by atoms with E-state index in [4.69, 9.17) is 4.74 Å². The first kappa shape index (κ1) is 11.1. The van der Waals surface area contributed by atoms with Crippen molar-refractivity contribution < 1.29 is 14.6 Å². The van der Waals surface area contributed by atoms with Crippen LogP contribution in [0.15, 0.2) is 24.3 Å². The topological polar surface area (TPSA) is 52.7 Å². The first-order valence-corrected chi connectivity index (χ1v) is 5.33. The summed E-state index contributed by atoms with van der Waals surface area (Å²) in [6, 6.07) is 7.51. The third kappa shape index (κ3) is 1.71. The molecule has 1 aliphatic rings. The Morgan fingerprint density at radius 2 is 1.81 bits per heavy atom. The van der Waals surface area contributed by atoms with E-state index in [-0.39, 0.29) is 12.0 Å². The highest BCUT2D eigenvalue weighted by atomic mass is 16.6. The Labute approximate surface area is 95.0 Å². The molecule has 3 nitrogen and oxygen atoms in total. The lowest BCUT2D eigenvalue weighted by molar-refractivity contribution is -0.313. The van der Waals surface area contributed by atoms with Crippen molar-refractivity contribution in [3.05, 3.63) is 35.4 Å². The molecule has 0 radical (unpaired) electrons. The van der Waals surface area contributed by atoms with Crippen molar-refractivity contribution in [2.45, 2.75) is 31.8 Å². The van der Waals surface area contributed by atoms with Crippen LogP contribution in [0.25, 0.3) is 0 Å². The fourth-order valence-corrected chi connectivity index (χ4v) is 1.71. The minimum Gasteiger partial charge on any atom is -0.547 e. The Kier molecular flexibility index (Phi) is 2.31. The number of carbonyl (C=O) groups is 1. The number of carboxylic acid groups (broad SMARTS) is 1. The second-order valence-electron chi connectivity index (χ2n) is 5.23. The van der Waals surface area contributed by atoms with Gasteiger partial charge in [0, 0.05) is 0 Å². The predicted octanol–water partition coefficient (Wildman–Crippen LogP) is 0.959. The van der Waals surface area contributed by atoms with E-state index in [2.05, 4.69) is 20.8 Å². The van der Waals surface area contributed by atoms with Gasteiger partial charge in [0.25, 0.3) is 0 Å². The van der Waals surface area contributed by atoms with Crippen LogP contribution in [-0.4, -0.2) is 12.6 Å². The van der Waals surface area contributed by atoms with Crippen LogP contribution in [0.2, 0.25) is 0 Å². The summed E-state index contributed by atoms with van der Waals surface area (Å²) in [7, 11) is 0. The molecule has 0 aromatic heterocycles. The second-order valence-corrected chi connectivity index (χ2v) is 5.23. The molecule has 0 saturated carbocycles. The van der Waals surface area contributed by atoms with Gasteiger partial charge in [0.15, 0.2) is 5.60 Å². The summed E-state index contributed by atoms with van der Waals surface area (Å²) in [6.45, 7) is 6.56. The van der Waals surface area contributed by atoms with Gasteiger partial charge in [-0.05, 0) is 16.5 Å². The molecule has 1 heterocycles. The molecule has 86 valence electrons. The summed E-state index contributed by atoms with van der Waals surface area (Å²) >= 11 is 0. The minimum atomic E-state index is -1.18. The summed E-state index contributed by atoms with van der Waals surface area (Å²) in [5.74, 6) is -1.16. The lowest BCUT2D eigenvalue weighted by Crippen LogP contribution is -2.36. The van der Waals surface area contributed by atoms with Gasteiger partial charge in [0.05, 0.1) is 12.6 Å². The third-order valence-electron chi connectivity index (χ3n) is 2.98. The summed E-state index contributed by atoms with van der Waals surface area (Å²) in [6.07, 6.45) is 0. The molecule has 0 amide bonds. The number of aliphatic carboxylic acids is 1. The van der Waals surface area contributed by atoms with Crippen molar-refractivity contribution in [1.82, 2.24) is 0 Å². The summed E-state index contributed by atoms with van der Waals surface area (Å²) in [5.41, 5.74) is 0.722. The lowest BCUT2D eigenvalue weighted by atomic mass is 9.85. The zero-order chi connectivity index (χ0) is 12.0. The number of ether oxygens (including phenoxy) is 1. The molecule has 1 saturated heterocycles. The number of rotatable bonds is 2. The van der Waals surface area contributed by atoms with Crippen molar-refractivity contribution in [1.29, 1.82) is 0 Å². The number of hydrogen-bond acceptors (Lipinski definition) is 3. The molecule has 2 rings (SSSR count). The van der Waals surface area contributed by atoms with Crippen molar-refractivity contribution in [3.8, 4) is 0 Å². The van der Waals surface area contributed by atoms with E-state index in [1.54, 1.807) is 0 Å². The number of carboxylic acids is 1. The second kappa shape index (κ2) is 3.32. The van der Waals surface area contributed by atoms with Crippen LogP contribution < -0.4 is 5.11 Å². The Morgan fingerprint density at radius 1 is 1.31 bits per heavy atom. The van der Waals surface area contributed by atoms with Crippen molar-refractivity contribution in [2.24, 2.45) is 0 Å². The van der Waals surface area contributed by atoms with Crippen LogP contribution in [0.4, 0.5) is 0 Å². The molecule has 1 atom stereocenters. The van der Waals surface area contributed by atoms with E-state index in [0.29, 0.717) is 5.56 Å². The van der Waals surface area contributed by atoms with Crippen molar-refractivity contribution >= 4 is 5.97 Å². The van der Waals surface area contributed by atoms with E-state index >= 15 is 0 Å². The first-order chi connectivity index (χ1) is 7.36. The normalized spacial score (nSPS) is 24.2. The van der Waals surface area contributed by atoms with Gasteiger partial charge in [-0.15, -0.1) is 0 Å². The molecule has 0 spiro atoms. The fraction of sp³-hybridized carbons (Fsp3) is 0.462. The minimum absolute atomic E-state index is 0.0670. The standard InChI is InChI=1S/C13H16O3/c1-12(2,3)9-4-6-10(7-5-9)13(8-16-13)11(14)15/h4-7H,8H2,1-3H3,(H,14,15)/p-1. The van der Waals surface area contributed by atoms with Crippen molar-refractivity contribution in [3.63, 3.8) is 0 Å². The Bertz CT molecular complexity index is 408. The van der Waals surface area contributed by atoms with Gasteiger partial charge in [-0.2, -0.15) is 0 Å². The Hall–Kier alpha value is -1.35. The van der Waals surface area contributed by atoms with Crippen LogP contribution in [-0.2, 0) is 20.5 Å². The predicted molar refractivity (Wildman–Crippen MR) is 57.8 cm³/mol. The maximum absolute atomic E-state index is 10.9. The lowest BCUT2D eigenvalue weighted by Gasteiger charge is -2.20. The Balaban J connectivity index is 2.31. The molecule has 16 heavy (non-hydrogen) atoms. The summed E-state index contributed by atoms with van der Waals surface area (Å²) in [4.78, 5) is 10.9. The quantitative estimate of drug-likeness (QED) is 0.696. The Morgan fingerprint density at radius 3 is 2.12 bits per heavy atom. The van der Waals surface area contributed by atoms with Crippen LogP contribution in [0.3, 0.4) is 0 Å². The van der Waals surface area contributed by atoms with Crippen LogP contribution in [0, 0.1) is 0 Å². The average molecular weight is 219 g/mol. The van der Waals surface area contributed by atoms with Gasteiger partial charge in [-0.3, -0.25) is 0 Å². The molecule has 0 bridgehead atoms. The fourth-order valence-electron chi connectivity index (χ4n) is 1.71. The zero-order valence-corrected chi connectivity index (χ0v) is 9.74. The molecule has 0 N–H and O–H groups in total. The number of carbonyl (C=O) groups excluding carboxylic acids is 1. The SMILES string of the molecule is CC(C)(C)c1ccc(C2(C(=O)[O-])CO2)cc1. The largest absolute Gasteiger partial charge is 0.547 e. The molecule has 1 unspecified atom stereocenters. The molecule has 1 aromatic rings. The van der Waals surface area contributed by atoms with Gasteiger partial charge >= 0.3 is 0 Å². The van der Waals surface area contributed by atoms with Crippen LogP contribution in [0.1, 0.15) is 31.9 Å². The van der Waals surface area contributed by atoms with Gasteiger partial charge in [0.1, 0.15) is 0 Å². The van der Waals surface area contributed by atoms with Gasteiger partial charge in [-0.1, -0.05) is 45.0 Å². The number of epoxide rings is 1. The van der Waals surface area contributed by atoms with E-state index in [1.165, 1.54) is 5.56 Å². The molecule has 1 aliphatic heterocycles. The zero-order valence-electron chi connectivity index (χ0n) is 9.74. The van der Waals surface area contributed by atoms with Crippen LogP contribution >= 0.6 is 0 Å². The number of benzene rings is 1. The van der Waals surface area contributed by atoms with Gasteiger partial charge in [0.2, 0.25) is 0 Å². The third-order valence-corrected chi connectivity index (χ3v) is 2.98. The van der Waals surface area contributed by atoms with Gasteiger partial charge < -0.3 is 14.6 Å². The van der Waals surface area contributed by atoms with E-state index in [9.17, 15) is 9.90 Å². The van der Waals surface area contributed by atoms with Crippen molar-refractivity contribution in [2.75, 3.05) is 6.61 Å². The molecule has 1 aromatic carbocycles. The highest BCUT2D eigenvalue weighted by Gasteiger charge is 2.48. The van der Waals surface area contributed by atoms with E-state index < -0.39 is 11.6 Å². The molecule has 3 heteroatoms. The highest BCUT2D eigenvalue weighted by Crippen LogP contribution is 2.38. The van der Waals surface area contributed by atoms with E-state index in [1.807, 2.05) is 24.3 Å². The highest BCUT2D eigenvalue weighted by molar-refractivity contribution is 5.80.